The molecule has 43 valence electrons. The molecule has 9 heavy (non-hydrogen) atoms. The lowest BCUT2D eigenvalue weighted by atomic mass is 10.5. The van der Waals surface area contributed by atoms with E-state index in [0.29, 0.717) is 0 Å². The van der Waals surface area contributed by atoms with Gasteiger partial charge in [-0.05, 0) is 17.6 Å². The summed E-state index contributed by atoms with van der Waals surface area (Å²) in [7, 11) is 0. The fourth-order valence-corrected chi connectivity index (χ4v) is 1.10. The van der Waals surface area contributed by atoms with Crippen LogP contribution in [0, 0.1) is 6.20 Å². The van der Waals surface area contributed by atoms with E-state index in [1.165, 1.54) is 11.5 Å². The summed E-state index contributed by atoms with van der Waals surface area (Å²) in [6.45, 7) is 0. The molecule has 0 spiro atoms. The van der Waals surface area contributed by atoms with Crippen LogP contribution in [0.2, 0.25) is 0 Å². The van der Waals surface area contributed by atoms with Crippen LogP contribution < -0.4 is 0 Å². The Kier molecular flexibility index (Phi) is 0.927. The van der Waals surface area contributed by atoms with E-state index in [2.05, 4.69) is 20.8 Å². The Hall–Kier alpha value is -1.03. The molecule has 0 amide bonds. The van der Waals surface area contributed by atoms with Crippen molar-refractivity contribution in [2.45, 2.75) is 0 Å². The lowest BCUT2D eigenvalue weighted by Crippen LogP contribution is -1.69. The Morgan fingerprint density at radius 3 is 3.44 bits per heavy atom. The Morgan fingerprint density at radius 1 is 1.56 bits per heavy atom. The molecule has 3 nitrogen and oxygen atoms in total. The topological polar surface area (TPSA) is 38.7 Å². The van der Waals surface area contributed by atoms with Crippen molar-refractivity contribution in [3.63, 3.8) is 0 Å². The van der Waals surface area contributed by atoms with E-state index < -0.39 is 0 Å². The second-order valence-electron chi connectivity index (χ2n) is 1.55. The van der Waals surface area contributed by atoms with E-state index in [1.807, 2.05) is 0 Å². The van der Waals surface area contributed by atoms with Crippen molar-refractivity contribution in [2.24, 2.45) is 0 Å². The van der Waals surface area contributed by atoms with Gasteiger partial charge in [0.25, 0.3) is 0 Å². The minimum Gasteiger partial charge on any atom is -0.253 e. The molecule has 0 aliphatic carbocycles. The minimum absolute atomic E-state index is 0.870. The van der Waals surface area contributed by atoms with Gasteiger partial charge in [0.15, 0.2) is 0 Å². The van der Waals surface area contributed by atoms with Crippen molar-refractivity contribution in [1.29, 1.82) is 0 Å². The van der Waals surface area contributed by atoms with Gasteiger partial charge in [-0.1, -0.05) is 4.49 Å². The summed E-state index contributed by atoms with van der Waals surface area (Å²) in [6.07, 6.45) is 4.38. The Balaban J connectivity index is 2.95. The quantitative estimate of drug-likeness (QED) is 0.539. The highest BCUT2D eigenvalue weighted by atomic mass is 32.1. The van der Waals surface area contributed by atoms with Crippen LogP contribution >= 0.6 is 11.5 Å². The van der Waals surface area contributed by atoms with Gasteiger partial charge in [0.05, 0.1) is 10.9 Å². The van der Waals surface area contributed by atoms with Crippen LogP contribution in [0.1, 0.15) is 0 Å². The lowest BCUT2D eigenvalue weighted by Gasteiger charge is -1.77. The predicted octanol–water partition coefficient (Wildman–Crippen LogP) is 0.886. The maximum Gasteiger partial charge on any atom is 0.109 e. The zero-order valence-corrected chi connectivity index (χ0v) is 5.22. The molecule has 2 aromatic rings. The highest BCUT2D eigenvalue weighted by Gasteiger charge is 1.93. The van der Waals surface area contributed by atoms with Crippen LogP contribution in [0.3, 0.4) is 0 Å². The zero-order chi connectivity index (χ0) is 6.10. The lowest BCUT2D eigenvalue weighted by molar-refractivity contribution is 1.19. The number of nitrogens with zero attached hydrogens (tertiary/aromatic N) is 3. The Labute approximate surface area is 55.5 Å². The fraction of sp³-hybridized carbons (Fsp3) is 0. The monoisotopic (exact) mass is 136 g/mol. The average molecular weight is 136 g/mol. The van der Waals surface area contributed by atoms with Gasteiger partial charge in [-0.3, -0.25) is 4.98 Å². The Morgan fingerprint density at radius 2 is 2.56 bits per heavy atom. The first-order chi connectivity index (χ1) is 4.47. The largest absolute Gasteiger partial charge is 0.253 e. The number of hydrogen-bond donors (Lipinski definition) is 0. The number of aromatic nitrogens is 3. The molecule has 0 fully saturated rings. The molecule has 2 aromatic heterocycles. The van der Waals surface area contributed by atoms with Gasteiger partial charge in [0, 0.05) is 6.20 Å². The third-order valence-electron chi connectivity index (χ3n) is 0.998. The highest BCUT2D eigenvalue weighted by Crippen LogP contribution is 2.10. The molecule has 0 saturated heterocycles. The van der Waals surface area contributed by atoms with E-state index in [9.17, 15) is 0 Å². The van der Waals surface area contributed by atoms with Gasteiger partial charge < -0.3 is 0 Å². The molecule has 0 bridgehead atoms. The molecule has 2 heterocycles. The SMILES string of the molecule is [c]1cc2nnsc2cn1. The summed E-state index contributed by atoms with van der Waals surface area (Å²) in [5.74, 6) is 0. The summed E-state index contributed by atoms with van der Waals surface area (Å²) in [5, 5.41) is 3.82. The fourth-order valence-electron chi connectivity index (χ4n) is 0.588. The normalized spacial score (nSPS) is 10.2. The van der Waals surface area contributed by atoms with Crippen LogP contribution in [-0.2, 0) is 0 Å². The predicted molar refractivity (Wildman–Crippen MR) is 34.0 cm³/mol. The van der Waals surface area contributed by atoms with Gasteiger partial charge in [0.2, 0.25) is 0 Å². The molecule has 0 atom stereocenters. The summed E-state index contributed by atoms with van der Waals surface area (Å²) < 4.78 is 4.74. The first-order valence-corrected chi connectivity index (χ1v) is 3.18. The molecular formula is C5H2N3S. The standard InChI is InChI=1S/C5H2N3S/c1-2-6-3-5-4(1)7-8-9-5/h1,3H. The van der Waals surface area contributed by atoms with Gasteiger partial charge in [0.1, 0.15) is 5.52 Å². The smallest absolute Gasteiger partial charge is 0.109 e. The molecule has 0 aliphatic rings. The van der Waals surface area contributed by atoms with Gasteiger partial charge in [-0.25, -0.2) is 0 Å². The van der Waals surface area contributed by atoms with Gasteiger partial charge >= 0.3 is 0 Å². The number of fused-ring (bicyclic) bond motifs is 1. The van der Waals surface area contributed by atoms with E-state index in [-0.39, 0.29) is 0 Å². The molecule has 4 heteroatoms. The second kappa shape index (κ2) is 1.73. The maximum absolute atomic E-state index is 3.82. The van der Waals surface area contributed by atoms with Gasteiger partial charge in [-0.15, -0.1) is 5.10 Å². The molecule has 2 rings (SSSR count). The van der Waals surface area contributed by atoms with Crippen LogP contribution in [0.15, 0.2) is 12.3 Å². The Bertz CT molecular complexity index is 286. The zero-order valence-electron chi connectivity index (χ0n) is 4.40. The number of pyridine rings is 1. The maximum atomic E-state index is 3.82. The van der Waals surface area contributed by atoms with Crippen molar-refractivity contribution in [1.82, 2.24) is 14.6 Å². The highest BCUT2D eigenvalue weighted by molar-refractivity contribution is 7.12. The average Bonchev–Trinajstić information content (AvgIpc) is 2.33. The molecule has 0 aromatic carbocycles. The summed E-state index contributed by atoms with van der Waals surface area (Å²) in [5.41, 5.74) is 0.870. The summed E-state index contributed by atoms with van der Waals surface area (Å²) in [6, 6.07) is 1.72. The van der Waals surface area contributed by atoms with Crippen molar-refractivity contribution in [3.8, 4) is 0 Å². The van der Waals surface area contributed by atoms with E-state index >= 15 is 0 Å². The second-order valence-corrected chi connectivity index (χ2v) is 2.34. The van der Waals surface area contributed by atoms with E-state index in [0.717, 1.165) is 10.2 Å². The van der Waals surface area contributed by atoms with E-state index in [1.54, 1.807) is 12.3 Å². The van der Waals surface area contributed by atoms with Crippen LogP contribution in [0.5, 0.6) is 0 Å². The van der Waals surface area contributed by atoms with E-state index in [4.69, 9.17) is 0 Å². The number of hydrogen-bond acceptors (Lipinski definition) is 4. The van der Waals surface area contributed by atoms with Crippen molar-refractivity contribution in [2.75, 3.05) is 0 Å². The molecule has 1 radical (unpaired) electrons. The summed E-state index contributed by atoms with van der Waals surface area (Å²) in [4.78, 5) is 3.79. The summed E-state index contributed by atoms with van der Waals surface area (Å²) >= 11 is 1.34. The number of rotatable bonds is 0. The molecule has 0 unspecified atom stereocenters. The third kappa shape index (κ3) is 0.675. The molecular weight excluding hydrogens is 134 g/mol. The first-order valence-electron chi connectivity index (χ1n) is 2.41. The van der Waals surface area contributed by atoms with Crippen LogP contribution in [-0.4, -0.2) is 14.6 Å². The van der Waals surface area contributed by atoms with Crippen molar-refractivity contribution in [3.05, 3.63) is 18.5 Å². The minimum atomic E-state index is 0.870. The molecule has 0 aliphatic heterocycles. The van der Waals surface area contributed by atoms with Crippen molar-refractivity contribution >= 4 is 21.7 Å². The van der Waals surface area contributed by atoms with Crippen LogP contribution in [0.25, 0.3) is 10.2 Å². The first kappa shape index (κ1) is 4.81. The third-order valence-corrected chi connectivity index (χ3v) is 1.67. The van der Waals surface area contributed by atoms with Gasteiger partial charge in [-0.2, -0.15) is 0 Å². The van der Waals surface area contributed by atoms with Crippen LogP contribution in [0.4, 0.5) is 0 Å². The van der Waals surface area contributed by atoms with Crippen molar-refractivity contribution < 1.29 is 0 Å². The molecule has 0 saturated carbocycles. The molecule has 0 N–H and O–H groups in total.